The minimum Gasteiger partial charge on any atom is -0.364 e. The number of hydrogen-bond donors (Lipinski definition) is 0. The molecule has 0 unspecified atom stereocenters. The van der Waals surface area contributed by atoms with Crippen LogP contribution >= 0.6 is 22.7 Å². The molecule has 7 heteroatoms. The zero-order valence-electron chi connectivity index (χ0n) is 14.2. The van der Waals surface area contributed by atoms with Gasteiger partial charge in [0.2, 0.25) is 0 Å². The van der Waals surface area contributed by atoms with Crippen LogP contribution in [-0.2, 0) is 24.3 Å². The molecule has 0 atom stereocenters. The van der Waals surface area contributed by atoms with Gasteiger partial charge in [0.15, 0.2) is 0 Å². The number of aryl methyl sites for hydroxylation is 2. The molecule has 0 fully saturated rings. The molecule has 0 aliphatic carbocycles. The summed E-state index contributed by atoms with van der Waals surface area (Å²) in [6.45, 7) is 0.285. The lowest BCUT2D eigenvalue weighted by atomic mass is 10.1. The third-order valence-electron chi connectivity index (χ3n) is 4.10. The van der Waals surface area contributed by atoms with Crippen molar-refractivity contribution in [2.24, 2.45) is 0 Å². The summed E-state index contributed by atoms with van der Waals surface area (Å²) in [5.74, 6) is 0. The van der Waals surface area contributed by atoms with E-state index in [0.717, 1.165) is 39.5 Å². The maximum atomic E-state index is 12.0. The maximum absolute atomic E-state index is 12.0. The summed E-state index contributed by atoms with van der Waals surface area (Å²) >= 11 is 2.88. The largest absolute Gasteiger partial charge is 0.364 e. The number of methoxy groups -OCH3 is 1. The van der Waals surface area contributed by atoms with Crippen LogP contribution in [0.2, 0.25) is 0 Å². The average Bonchev–Trinajstić information content (AvgIpc) is 3.26. The lowest BCUT2D eigenvalue weighted by molar-refractivity contribution is 0.133. The summed E-state index contributed by atoms with van der Waals surface area (Å²) in [5.41, 5.74) is 4.11. The number of rotatable bonds is 6. The number of thiazole rings is 2. The van der Waals surface area contributed by atoms with Crippen LogP contribution in [-0.4, -0.2) is 21.6 Å². The van der Waals surface area contributed by atoms with Gasteiger partial charge in [-0.1, -0.05) is 23.5 Å². The summed E-state index contributed by atoms with van der Waals surface area (Å²) in [6.07, 6.45) is 3.53. The van der Waals surface area contributed by atoms with E-state index < -0.39 is 0 Å². The molecule has 0 saturated carbocycles. The third-order valence-corrected chi connectivity index (χ3v) is 5.95. The highest BCUT2D eigenvalue weighted by atomic mass is 32.1. The van der Waals surface area contributed by atoms with E-state index in [1.165, 1.54) is 16.9 Å². The molecule has 0 spiro atoms. The Morgan fingerprint density at radius 3 is 2.92 bits per heavy atom. The van der Waals surface area contributed by atoms with Crippen molar-refractivity contribution in [2.45, 2.75) is 19.6 Å². The fraction of sp³-hybridized carbons (Fsp3) is 0.211. The smallest absolute Gasteiger partial charge is 0.310 e. The highest BCUT2D eigenvalue weighted by molar-refractivity contribution is 7.16. The topological polar surface area (TPSA) is 57.0 Å². The first-order chi connectivity index (χ1) is 12.7. The number of nitrogens with zero attached hydrogens (tertiary/aromatic N) is 3. The van der Waals surface area contributed by atoms with Crippen LogP contribution in [0.15, 0.2) is 52.8 Å². The molecule has 0 N–H and O–H groups in total. The van der Waals surface area contributed by atoms with Crippen molar-refractivity contribution in [1.82, 2.24) is 14.5 Å². The molecule has 3 heterocycles. The Bertz CT molecular complexity index is 1080. The minimum atomic E-state index is 0.0125. The van der Waals surface area contributed by atoms with Gasteiger partial charge in [-0.2, -0.15) is 0 Å². The summed E-state index contributed by atoms with van der Waals surface area (Å²) in [6, 6.07) is 12.0. The van der Waals surface area contributed by atoms with Crippen molar-refractivity contribution >= 4 is 32.9 Å². The Hall–Kier alpha value is -2.35. The third kappa shape index (κ3) is 3.46. The standard InChI is InChI=1S/C19H17N3O2S2/c1-24-12-22-16-8-6-13(10-17(16)26-19(22)23)5-7-14-11-25-18(21-14)15-4-2-3-9-20-15/h2-4,6,8-11H,5,7,12H2,1H3. The zero-order valence-corrected chi connectivity index (χ0v) is 15.8. The van der Waals surface area contributed by atoms with Crippen LogP contribution in [0.25, 0.3) is 20.9 Å². The first-order valence-corrected chi connectivity index (χ1v) is 9.91. The number of hydrogen-bond acceptors (Lipinski definition) is 6. The molecule has 0 saturated heterocycles. The van der Waals surface area contributed by atoms with Crippen molar-refractivity contribution in [3.05, 3.63) is 68.9 Å². The van der Waals surface area contributed by atoms with E-state index >= 15 is 0 Å². The van der Waals surface area contributed by atoms with Gasteiger partial charge in [0.25, 0.3) is 0 Å². The van der Waals surface area contributed by atoms with E-state index in [4.69, 9.17) is 4.74 Å². The van der Waals surface area contributed by atoms with Gasteiger partial charge in [-0.25, -0.2) is 4.98 Å². The molecular formula is C19H17N3O2S2. The van der Waals surface area contributed by atoms with Crippen LogP contribution in [0.4, 0.5) is 0 Å². The Labute approximate surface area is 158 Å². The highest BCUT2D eigenvalue weighted by Crippen LogP contribution is 2.23. The maximum Gasteiger partial charge on any atom is 0.310 e. The van der Waals surface area contributed by atoms with Crippen molar-refractivity contribution in [3.8, 4) is 10.7 Å². The second-order valence-electron chi connectivity index (χ2n) is 5.87. The summed E-state index contributed by atoms with van der Waals surface area (Å²) < 4.78 is 7.76. The van der Waals surface area contributed by atoms with Gasteiger partial charge in [0, 0.05) is 18.7 Å². The number of benzene rings is 1. The molecule has 4 rings (SSSR count). The molecule has 4 aromatic rings. The lowest BCUT2D eigenvalue weighted by Gasteiger charge is -2.03. The van der Waals surface area contributed by atoms with Crippen molar-refractivity contribution in [2.75, 3.05) is 7.11 Å². The van der Waals surface area contributed by atoms with E-state index in [1.807, 2.05) is 24.3 Å². The molecule has 26 heavy (non-hydrogen) atoms. The number of ether oxygens (including phenoxy) is 1. The van der Waals surface area contributed by atoms with E-state index in [2.05, 4.69) is 27.5 Å². The quantitative estimate of drug-likeness (QED) is 0.505. The predicted octanol–water partition coefficient (Wildman–Crippen LogP) is 3.97. The van der Waals surface area contributed by atoms with Crippen LogP contribution < -0.4 is 4.87 Å². The molecule has 0 aliphatic rings. The molecule has 132 valence electrons. The van der Waals surface area contributed by atoms with Gasteiger partial charge in [-0.3, -0.25) is 14.3 Å². The molecule has 1 aromatic carbocycles. The van der Waals surface area contributed by atoms with Crippen LogP contribution in [0.1, 0.15) is 11.3 Å². The molecule has 0 aliphatic heterocycles. The van der Waals surface area contributed by atoms with Crippen LogP contribution in [0, 0.1) is 0 Å². The lowest BCUT2D eigenvalue weighted by Crippen LogP contribution is -2.13. The molecule has 0 radical (unpaired) electrons. The van der Waals surface area contributed by atoms with Crippen molar-refractivity contribution in [3.63, 3.8) is 0 Å². The number of aromatic nitrogens is 3. The monoisotopic (exact) mass is 383 g/mol. The molecule has 0 bridgehead atoms. The second kappa shape index (κ2) is 7.49. The molecule has 0 amide bonds. The second-order valence-corrected chi connectivity index (χ2v) is 7.73. The van der Waals surface area contributed by atoms with Gasteiger partial charge in [-0.05, 0) is 42.7 Å². The summed E-state index contributed by atoms with van der Waals surface area (Å²) in [4.78, 5) is 21.1. The normalized spacial score (nSPS) is 11.3. The number of fused-ring (bicyclic) bond motifs is 1. The van der Waals surface area contributed by atoms with Crippen LogP contribution in [0.5, 0.6) is 0 Å². The van der Waals surface area contributed by atoms with Gasteiger partial charge >= 0.3 is 4.87 Å². The first-order valence-electron chi connectivity index (χ1n) is 8.21. The predicted molar refractivity (Wildman–Crippen MR) is 106 cm³/mol. The Morgan fingerprint density at radius 2 is 2.12 bits per heavy atom. The first kappa shape index (κ1) is 17.1. The Morgan fingerprint density at radius 1 is 1.19 bits per heavy atom. The van der Waals surface area contributed by atoms with Gasteiger partial charge in [0.05, 0.1) is 21.6 Å². The average molecular weight is 383 g/mol. The fourth-order valence-corrected chi connectivity index (χ4v) is 4.59. The van der Waals surface area contributed by atoms with Gasteiger partial charge < -0.3 is 4.74 Å². The summed E-state index contributed by atoms with van der Waals surface area (Å²) in [5, 5.41) is 3.04. The highest BCUT2D eigenvalue weighted by Gasteiger charge is 2.09. The van der Waals surface area contributed by atoms with E-state index in [9.17, 15) is 4.79 Å². The Balaban J connectivity index is 1.50. The van der Waals surface area contributed by atoms with Gasteiger partial charge in [0.1, 0.15) is 11.7 Å². The minimum absolute atomic E-state index is 0.0125. The zero-order chi connectivity index (χ0) is 17.9. The summed E-state index contributed by atoms with van der Waals surface area (Å²) in [7, 11) is 1.59. The Kier molecular flexibility index (Phi) is 4.92. The molecular weight excluding hydrogens is 366 g/mol. The van der Waals surface area contributed by atoms with E-state index in [0.29, 0.717) is 0 Å². The van der Waals surface area contributed by atoms with Crippen LogP contribution in [0.3, 0.4) is 0 Å². The molecule has 5 nitrogen and oxygen atoms in total. The van der Waals surface area contributed by atoms with Crippen molar-refractivity contribution < 1.29 is 4.74 Å². The SMILES string of the molecule is COCn1c(=O)sc2cc(CCc3csc(-c4ccccn4)n3)ccc21. The van der Waals surface area contributed by atoms with E-state index in [1.54, 1.807) is 29.2 Å². The van der Waals surface area contributed by atoms with Gasteiger partial charge in [-0.15, -0.1) is 11.3 Å². The molecule has 3 aromatic heterocycles. The van der Waals surface area contributed by atoms with E-state index in [-0.39, 0.29) is 11.6 Å². The fourth-order valence-electron chi connectivity index (χ4n) is 2.82. The number of pyridine rings is 1. The van der Waals surface area contributed by atoms with Crippen molar-refractivity contribution in [1.29, 1.82) is 0 Å².